The molecule has 0 aromatic carbocycles. The Morgan fingerprint density at radius 2 is 2.29 bits per heavy atom. The van der Waals surface area contributed by atoms with Crippen LogP contribution in [0.5, 0.6) is 0 Å². The summed E-state index contributed by atoms with van der Waals surface area (Å²) in [7, 11) is 0. The van der Waals surface area contributed by atoms with E-state index in [2.05, 4.69) is 0 Å². The molecule has 3 N–H and O–H groups in total. The van der Waals surface area contributed by atoms with Crippen molar-refractivity contribution >= 4 is 0 Å². The molecule has 4 nitrogen and oxygen atoms in total. The molecule has 1 aliphatic heterocycles. The molecular formula is C10H15NO3. The van der Waals surface area contributed by atoms with Crippen molar-refractivity contribution in [3.8, 4) is 0 Å². The van der Waals surface area contributed by atoms with Gasteiger partial charge in [-0.15, -0.1) is 0 Å². The first-order chi connectivity index (χ1) is 6.68. The SMILES string of the molecule is Cc1ccc(C(N)C2(CO)COC2)o1. The summed E-state index contributed by atoms with van der Waals surface area (Å²) < 4.78 is 10.5. The summed E-state index contributed by atoms with van der Waals surface area (Å²) in [4.78, 5) is 0. The molecule has 2 rings (SSSR count). The quantitative estimate of drug-likeness (QED) is 0.744. The van der Waals surface area contributed by atoms with Crippen LogP contribution in [0.2, 0.25) is 0 Å². The van der Waals surface area contributed by atoms with E-state index < -0.39 is 0 Å². The monoisotopic (exact) mass is 197 g/mol. The lowest BCUT2D eigenvalue weighted by Crippen LogP contribution is -2.52. The molecule has 0 aliphatic carbocycles. The van der Waals surface area contributed by atoms with Crippen molar-refractivity contribution in [2.45, 2.75) is 13.0 Å². The fourth-order valence-electron chi connectivity index (χ4n) is 1.66. The van der Waals surface area contributed by atoms with Crippen LogP contribution in [0.3, 0.4) is 0 Å². The van der Waals surface area contributed by atoms with Gasteiger partial charge in [0.25, 0.3) is 0 Å². The third-order valence-electron chi connectivity index (χ3n) is 2.82. The van der Waals surface area contributed by atoms with Gasteiger partial charge in [0.05, 0.1) is 31.3 Å². The number of aliphatic hydroxyl groups is 1. The number of hydrogen-bond donors (Lipinski definition) is 2. The van der Waals surface area contributed by atoms with Crippen LogP contribution in [0, 0.1) is 12.3 Å². The van der Waals surface area contributed by atoms with Crippen molar-refractivity contribution in [2.75, 3.05) is 19.8 Å². The van der Waals surface area contributed by atoms with Gasteiger partial charge in [-0.3, -0.25) is 0 Å². The Morgan fingerprint density at radius 3 is 2.64 bits per heavy atom. The van der Waals surface area contributed by atoms with Gasteiger partial charge < -0.3 is 20.0 Å². The maximum atomic E-state index is 9.27. The van der Waals surface area contributed by atoms with Crippen molar-refractivity contribution < 1.29 is 14.3 Å². The number of nitrogens with two attached hydrogens (primary N) is 1. The second-order valence-corrected chi connectivity index (χ2v) is 3.94. The minimum atomic E-state index is -0.343. The van der Waals surface area contributed by atoms with Crippen LogP contribution >= 0.6 is 0 Å². The van der Waals surface area contributed by atoms with Gasteiger partial charge in [0.1, 0.15) is 11.5 Å². The average molecular weight is 197 g/mol. The molecule has 0 radical (unpaired) electrons. The van der Waals surface area contributed by atoms with E-state index in [0.29, 0.717) is 13.2 Å². The zero-order valence-electron chi connectivity index (χ0n) is 8.19. The molecule has 1 saturated heterocycles. The molecule has 2 heterocycles. The molecule has 0 amide bonds. The first-order valence-corrected chi connectivity index (χ1v) is 4.68. The Hall–Kier alpha value is -0.840. The van der Waals surface area contributed by atoms with Crippen LogP contribution < -0.4 is 5.73 Å². The molecule has 0 bridgehead atoms. The van der Waals surface area contributed by atoms with Gasteiger partial charge in [0, 0.05) is 0 Å². The van der Waals surface area contributed by atoms with Crippen molar-refractivity contribution in [3.05, 3.63) is 23.7 Å². The molecule has 1 aliphatic rings. The Balaban J connectivity index is 2.18. The number of ether oxygens (including phenoxy) is 1. The highest BCUT2D eigenvalue weighted by atomic mass is 16.5. The smallest absolute Gasteiger partial charge is 0.121 e. The summed E-state index contributed by atoms with van der Waals surface area (Å²) in [5.41, 5.74) is 5.68. The lowest BCUT2D eigenvalue weighted by atomic mass is 9.78. The summed E-state index contributed by atoms with van der Waals surface area (Å²) in [5.74, 6) is 1.56. The van der Waals surface area contributed by atoms with Gasteiger partial charge >= 0.3 is 0 Å². The van der Waals surface area contributed by atoms with Gasteiger partial charge in [-0.1, -0.05) is 0 Å². The molecule has 14 heavy (non-hydrogen) atoms. The molecule has 1 aromatic heterocycles. The van der Waals surface area contributed by atoms with Gasteiger partial charge in [-0.2, -0.15) is 0 Å². The highest BCUT2D eigenvalue weighted by Gasteiger charge is 2.45. The predicted octanol–water partition coefficient (Wildman–Crippen LogP) is 0.597. The van der Waals surface area contributed by atoms with Crippen LogP contribution in [0.4, 0.5) is 0 Å². The average Bonchev–Trinajstić information content (AvgIpc) is 2.50. The highest BCUT2D eigenvalue weighted by molar-refractivity contribution is 5.14. The topological polar surface area (TPSA) is 68.6 Å². The van der Waals surface area contributed by atoms with Crippen molar-refractivity contribution in [3.63, 3.8) is 0 Å². The van der Waals surface area contributed by atoms with E-state index in [0.717, 1.165) is 11.5 Å². The Morgan fingerprint density at radius 1 is 1.57 bits per heavy atom. The van der Waals surface area contributed by atoms with Crippen LogP contribution in [0.25, 0.3) is 0 Å². The minimum absolute atomic E-state index is 0.0356. The molecule has 1 aromatic rings. The molecule has 0 spiro atoms. The summed E-state index contributed by atoms with van der Waals surface area (Å²) in [6.07, 6.45) is 0. The van der Waals surface area contributed by atoms with Crippen LogP contribution in [-0.4, -0.2) is 24.9 Å². The molecule has 1 fully saturated rings. The van der Waals surface area contributed by atoms with Crippen molar-refractivity contribution in [2.24, 2.45) is 11.1 Å². The lowest BCUT2D eigenvalue weighted by molar-refractivity contribution is -0.153. The van der Waals surface area contributed by atoms with E-state index in [1.54, 1.807) is 0 Å². The third-order valence-corrected chi connectivity index (χ3v) is 2.82. The largest absolute Gasteiger partial charge is 0.465 e. The van der Waals surface area contributed by atoms with E-state index in [4.69, 9.17) is 14.9 Å². The summed E-state index contributed by atoms with van der Waals surface area (Å²) in [5, 5.41) is 9.27. The Kier molecular flexibility index (Phi) is 2.34. The molecular weight excluding hydrogens is 182 g/mol. The van der Waals surface area contributed by atoms with Crippen LogP contribution in [0.15, 0.2) is 16.5 Å². The minimum Gasteiger partial charge on any atom is -0.465 e. The maximum absolute atomic E-state index is 9.27. The van der Waals surface area contributed by atoms with Gasteiger partial charge in [-0.05, 0) is 19.1 Å². The second-order valence-electron chi connectivity index (χ2n) is 3.94. The lowest BCUT2D eigenvalue weighted by Gasteiger charge is -2.43. The zero-order chi connectivity index (χ0) is 10.2. The number of rotatable bonds is 3. The predicted molar refractivity (Wildman–Crippen MR) is 50.7 cm³/mol. The standard InChI is InChI=1S/C10H15NO3/c1-7-2-3-8(14-7)9(11)10(4-12)5-13-6-10/h2-3,9,12H,4-6,11H2,1H3. The summed E-state index contributed by atoms with van der Waals surface area (Å²) in [6, 6.07) is 3.45. The van der Waals surface area contributed by atoms with E-state index in [1.165, 1.54) is 0 Å². The number of hydrogen-bond acceptors (Lipinski definition) is 4. The van der Waals surface area contributed by atoms with Gasteiger partial charge in [0.2, 0.25) is 0 Å². The first kappa shape index (κ1) is 9.71. The first-order valence-electron chi connectivity index (χ1n) is 4.68. The van der Waals surface area contributed by atoms with Gasteiger partial charge in [-0.25, -0.2) is 0 Å². The molecule has 1 unspecified atom stereocenters. The fourth-order valence-corrected chi connectivity index (χ4v) is 1.66. The third kappa shape index (κ3) is 1.35. The molecule has 78 valence electrons. The zero-order valence-corrected chi connectivity index (χ0v) is 8.19. The molecule has 4 heteroatoms. The summed E-state index contributed by atoms with van der Waals surface area (Å²) >= 11 is 0. The van der Waals surface area contributed by atoms with Crippen molar-refractivity contribution in [1.29, 1.82) is 0 Å². The Labute approximate surface area is 82.7 Å². The number of furan rings is 1. The van der Waals surface area contributed by atoms with Crippen LogP contribution in [-0.2, 0) is 4.74 Å². The summed E-state index contributed by atoms with van der Waals surface area (Å²) in [6.45, 7) is 2.92. The van der Waals surface area contributed by atoms with E-state index in [1.807, 2.05) is 19.1 Å². The van der Waals surface area contributed by atoms with Crippen LogP contribution in [0.1, 0.15) is 17.6 Å². The fraction of sp³-hybridized carbons (Fsp3) is 0.600. The normalized spacial score (nSPS) is 21.6. The highest BCUT2D eigenvalue weighted by Crippen LogP contribution is 2.38. The Bertz CT molecular complexity index is 311. The van der Waals surface area contributed by atoms with Crippen molar-refractivity contribution in [1.82, 2.24) is 0 Å². The number of aryl methyl sites for hydroxylation is 1. The second kappa shape index (κ2) is 3.38. The van der Waals surface area contributed by atoms with E-state index >= 15 is 0 Å². The van der Waals surface area contributed by atoms with E-state index in [-0.39, 0.29) is 18.1 Å². The molecule has 1 atom stereocenters. The number of aliphatic hydroxyl groups excluding tert-OH is 1. The maximum Gasteiger partial charge on any atom is 0.121 e. The van der Waals surface area contributed by atoms with Gasteiger partial charge in [0.15, 0.2) is 0 Å². The molecule has 0 saturated carbocycles. The van der Waals surface area contributed by atoms with E-state index in [9.17, 15) is 5.11 Å².